The summed E-state index contributed by atoms with van der Waals surface area (Å²) in [4.78, 5) is 35.7. The van der Waals surface area contributed by atoms with Gasteiger partial charge in [-0.05, 0) is 66.2 Å². The normalized spacial score (nSPS) is 10.1. The lowest BCUT2D eigenvalue weighted by atomic mass is 10.1. The molecule has 31 heavy (non-hydrogen) atoms. The Morgan fingerprint density at radius 3 is 1.81 bits per heavy atom. The van der Waals surface area contributed by atoms with Crippen LogP contribution in [0.15, 0.2) is 72.8 Å². The van der Waals surface area contributed by atoms with Gasteiger partial charge in [-0.1, -0.05) is 12.1 Å². The van der Waals surface area contributed by atoms with Gasteiger partial charge in [0.2, 0.25) is 11.8 Å². The lowest BCUT2D eigenvalue weighted by Gasteiger charge is -2.09. The predicted octanol–water partition coefficient (Wildman–Crippen LogP) is 4.09. The zero-order valence-electron chi connectivity index (χ0n) is 17.3. The van der Waals surface area contributed by atoms with E-state index in [-0.39, 0.29) is 24.1 Å². The summed E-state index contributed by atoms with van der Waals surface area (Å²) in [6, 6.07) is 20.8. The maximum Gasteiger partial charge on any atom is 0.255 e. The lowest BCUT2D eigenvalue weighted by Crippen LogP contribution is -2.15. The van der Waals surface area contributed by atoms with Gasteiger partial charge in [-0.25, -0.2) is 0 Å². The molecular weight excluding hydrogens is 394 g/mol. The molecule has 3 aromatic rings. The summed E-state index contributed by atoms with van der Waals surface area (Å²) in [5.74, 6) is 0.137. The molecule has 0 aliphatic carbocycles. The molecule has 7 heteroatoms. The van der Waals surface area contributed by atoms with Gasteiger partial charge in [0.25, 0.3) is 5.91 Å². The summed E-state index contributed by atoms with van der Waals surface area (Å²) in [6.07, 6.45) is 0.195. The highest BCUT2D eigenvalue weighted by molar-refractivity contribution is 6.04. The molecule has 0 spiro atoms. The van der Waals surface area contributed by atoms with E-state index in [1.54, 1.807) is 79.9 Å². The van der Waals surface area contributed by atoms with Crippen molar-refractivity contribution in [3.8, 4) is 5.75 Å². The highest BCUT2D eigenvalue weighted by Gasteiger charge is 2.08. The number of nitrogens with one attached hydrogen (secondary N) is 3. The standard InChI is InChI=1S/C24H23N3O4/c1-16(28)25-19-7-3-17(4-8-19)15-23(29)26-20-9-5-18(6-10-20)24(30)27-21-11-13-22(31-2)14-12-21/h3-14H,15H2,1-2H3,(H,25,28)(H,26,29)(H,27,30). The van der Waals surface area contributed by atoms with Crippen molar-refractivity contribution in [3.05, 3.63) is 83.9 Å². The number of benzene rings is 3. The third kappa shape index (κ3) is 6.43. The monoisotopic (exact) mass is 417 g/mol. The van der Waals surface area contributed by atoms with Crippen molar-refractivity contribution < 1.29 is 19.1 Å². The minimum Gasteiger partial charge on any atom is -0.497 e. The Kier molecular flexibility index (Phi) is 7.01. The molecule has 0 aliphatic heterocycles. The van der Waals surface area contributed by atoms with E-state index in [9.17, 15) is 14.4 Å². The maximum atomic E-state index is 12.4. The fourth-order valence-corrected chi connectivity index (χ4v) is 2.88. The van der Waals surface area contributed by atoms with E-state index in [0.29, 0.717) is 28.4 Å². The number of ether oxygens (including phenoxy) is 1. The molecule has 0 aliphatic rings. The number of carbonyl (C=O) groups excluding carboxylic acids is 3. The van der Waals surface area contributed by atoms with Crippen LogP contribution in [-0.2, 0) is 16.0 Å². The number of methoxy groups -OCH3 is 1. The number of amides is 3. The average Bonchev–Trinajstić information content (AvgIpc) is 2.76. The first kappa shape index (κ1) is 21.6. The van der Waals surface area contributed by atoms with Crippen LogP contribution in [0, 0.1) is 0 Å². The van der Waals surface area contributed by atoms with Crippen LogP contribution in [0.4, 0.5) is 17.1 Å². The second-order valence-corrected chi connectivity index (χ2v) is 6.86. The van der Waals surface area contributed by atoms with E-state index >= 15 is 0 Å². The van der Waals surface area contributed by atoms with Gasteiger partial charge in [-0.2, -0.15) is 0 Å². The summed E-state index contributed by atoms with van der Waals surface area (Å²) in [6.45, 7) is 1.44. The van der Waals surface area contributed by atoms with Gasteiger partial charge in [0, 0.05) is 29.5 Å². The minimum atomic E-state index is -0.248. The molecule has 0 saturated carbocycles. The van der Waals surface area contributed by atoms with Gasteiger partial charge >= 0.3 is 0 Å². The molecule has 0 fully saturated rings. The number of rotatable bonds is 7. The Morgan fingerprint density at radius 2 is 1.23 bits per heavy atom. The van der Waals surface area contributed by atoms with Gasteiger partial charge in [0.05, 0.1) is 13.5 Å². The number of carbonyl (C=O) groups is 3. The zero-order chi connectivity index (χ0) is 22.2. The van der Waals surface area contributed by atoms with Crippen molar-refractivity contribution in [2.45, 2.75) is 13.3 Å². The number of hydrogen-bond donors (Lipinski definition) is 3. The van der Waals surface area contributed by atoms with Crippen LogP contribution in [0.3, 0.4) is 0 Å². The molecule has 7 nitrogen and oxygen atoms in total. The largest absolute Gasteiger partial charge is 0.497 e. The summed E-state index contributed by atoms with van der Waals surface area (Å²) >= 11 is 0. The third-order valence-electron chi connectivity index (χ3n) is 4.42. The van der Waals surface area contributed by atoms with Crippen LogP contribution in [0.5, 0.6) is 5.75 Å². The molecule has 0 heterocycles. The summed E-state index contributed by atoms with van der Waals surface area (Å²) in [5, 5.41) is 8.30. The van der Waals surface area contributed by atoms with Crippen molar-refractivity contribution in [2.24, 2.45) is 0 Å². The van der Waals surface area contributed by atoms with Crippen molar-refractivity contribution >= 4 is 34.8 Å². The Bertz CT molecular complexity index is 1060. The van der Waals surface area contributed by atoms with E-state index in [2.05, 4.69) is 16.0 Å². The second kappa shape index (κ2) is 10.1. The first-order valence-electron chi connectivity index (χ1n) is 9.65. The van der Waals surface area contributed by atoms with E-state index < -0.39 is 0 Å². The number of anilines is 3. The van der Waals surface area contributed by atoms with Crippen LogP contribution >= 0.6 is 0 Å². The molecule has 3 amide bonds. The van der Waals surface area contributed by atoms with Crippen LogP contribution in [0.25, 0.3) is 0 Å². The van der Waals surface area contributed by atoms with Crippen LogP contribution in [0.2, 0.25) is 0 Å². The summed E-state index contributed by atoms with van der Waals surface area (Å²) in [7, 11) is 1.58. The smallest absolute Gasteiger partial charge is 0.255 e. The maximum absolute atomic E-state index is 12.4. The fourth-order valence-electron chi connectivity index (χ4n) is 2.88. The molecule has 3 aromatic carbocycles. The fraction of sp³-hybridized carbons (Fsp3) is 0.125. The summed E-state index contributed by atoms with van der Waals surface area (Å²) < 4.78 is 5.10. The molecule has 0 bridgehead atoms. The predicted molar refractivity (Wildman–Crippen MR) is 120 cm³/mol. The van der Waals surface area contributed by atoms with Crippen LogP contribution in [0.1, 0.15) is 22.8 Å². The van der Waals surface area contributed by atoms with Gasteiger partial charge in [-0.3, -0.25) is 14.4 Å². The molecule has 0 unspecified atom stereocenters. The molecular formula is C24H23N3O4. The molecule has 0 radical (unpaired) electrons. The van der Waals surface area contributed by atoms with Crippen molar-refractivity contribution in [3.63, 3.8) is 0 Å². The Morgan fingerprint density at radius 1 is 0.710 bits per heavy atom. The molecule has 3 N–H and O–H groups in total. The summed E-state index contributed by atoms with van der Waals surface area (Å²) in [5.41, 5.74) is 3.23. The average molecular weight is 417 g/mol. The third-order valence-corrected chi connectivity index (χ3v) is 4.42. The van der Waals surface area contributed by atoms with Gasteiger partial charge in [-0.15, -0.1) is 0 Å². The van der Waals surface area contributed by atoms with Crippen molar-refractivity contribution in [2.75, 3.05) is 23.1 Å². The van der Waals surface area contributed by atoms with Crippen LogP contribution in [-0.4, -0.2) is 24.8 Å². The van der Waals surface area contributed by atoms with Gasteiger partial charge < -0.3 is 20.7 Å². The number of hydrogen-bond acceptors (Lipinski definition) is 4. The van der Waals surface area contributed by atoms with E-state index in [1.165, 1.54) is 6.92 Å². The SMILES string of the molecule is COc1ccc(NC(=O)c2ccc(NC(=O)Cc3ccc(NC(C)=O)cc3)cc2)cc1. The Hall–Kier alpha value is -4.13. The second-order valence-electron chi connectivity index (χ2n) is 6.86. The Labute approximate surface area is 180 Å². The van der Waals surface area contributed by atoms with Crippen LogP contribution < -0.4 is 20.7 Å². The Balaban J connectivity index is 1.53. The minimum absolute atomic E-state index is 0.147. The van der Waals surface area contributed by atoms with E-state index in [4.69, 9.17) is 4.74 Å². The topological polar surface area (TPSA) is 96.5 Å². The highest BCUT2D eigenvalue weighted by Crippen LogP contribution is 2.17. The molecule has 0 aromatic heterocycles. The first-order chi connectivity index (χ1) is 14.9. The highest BCUT2D eigenvalue weighted by atomic mass is 16.5. The molecule has 3 rings (SSSR count). The molecule has 0 saturated heterocycles. The van der Waals surface area contributed by atoms with Crippen molar-refractivity contribution in [1.29, 1.82) is 0 Å². The van der Waals surface area contributed by atoms with Crippen molar-refractivity contribution in [1.82, 2.24) is 0 Å². The lowest BCUT2D eigenvalue weighted by molar-refractivity contribution is -0.116. The van der Waals surface area contributed by atoms with Gasteiger partial charge in [0.15, 0.2) is 0 Å². The zero-order valence-corrected chi connectivity index (χ0v) is 17.3. The quantitative estimate of drug-likeness (QED) is 0.540. The van der Waals surface area contributed by atoms with Gasteiger partial charge in [0.1, 0.15) is 5.75 Å². The molecule has 0 atom stereocenters. The first-order valence-corrected chi connectivity index (χ1v) is 9.65. The van der Waals surface area contributed by atoms with E-state index in [1.807, 2.05) is 0 Å². The van der Waals surface area contributed by atoms with E-state index in [0.717, 1.165) is 5.56 Å². The molecule has 158 valence electrons.